The van der Waals surface area contributed by atoms with Crippen molar-refractivity contribution in [1.82, 2.24) is 10.2 Å². The lowest BCUT2D eigenvalue weighted by atomic mass is 10.0. The van der Waals surface area contributed by atoms with Gasteiger partial charge < -0.3 is 10.2 Å². The first-order valence-corrected chi connectivity index (χ1v) is 6.60. The maximum Gasteiger partial charge on any atom is 0.254 e. The maximum absolute atomic E-state index is 12.6. The zero-order valence-electron chi connectivity index (χ0n) is 11.5. The second-order valence-electron chi connectivity index (χ2n) is 5.67. The summed E-state index contributed by atoms with van der Waals surface area (Å²) >= 11 is 0. The van der Waals surface area contributed by atoms with Gasteiger partial charge >= 0.3 is 0 Å². The lowest BCUT2D eigenvalue weighted by Gasteiger charge is -2.37. The molecule has 1 N–H and O–H groups in total. The van der Waals surface area contributed by atoms with Crippen LogP contribution in [-0.2, 0) is 0 Å². The molecule has 1 aromatic rings. The van der Waals surface area contributed by atoms with Crippen LogP contribution in [0.25, 0.3) is 0 Å². The molecule has 1 aromatic carbocycles. The number of nitrogens with zero attached hydrogens (tertiary/aromatic N) is 1. The van der Waals surface area contributed by atoms with E-state index in [4.69, 9.17) is 0 Å². The molecular weight excluding hydrogens is 224 g/mol. The molecule has 0 bridgehead atoms. The summed E-state index contributed by atoms with van der Waals surface area (Å²) in [6.07, 6.45) is 1.01. The first kappa shape index (κ1) is 13.1. The lowest BCUT2D eigenvalue weighted by Crippen LogP contribution is -2.51. The topological polar surface area (TPSA) is 32.3 Å². The van der Waals surface area contributed by atoms with E-state index in [1.54, 1.807) is 0 Å². The smallest absolute Gasteiger partial charge is 0.254 e. The van der Waals surface area contributed by atoms with Crippen molar-refractivity contribution in [3.8, 4) is 0 Å². The Balaban J connectivity index is 2.26. The van der Waals surface area contributed by atoms with Crippen molar-refractivity contribution in [2.45, 2.75) is 32.7 Å². The molecule has 0 radical (unpaired) electrons. The SMILES string of the molecule is Cc1cccc(C(=O)N2CCCNCC2(C)C)c1. The van der Waals surface area contributed by atoms with E-state index in [9.17, 15) is 4.79 Å². The Morgan fingerprint density at radius 3 is 2.89 bits per heavy atom. The van der Waals surface area contributed by atoms with Crippen LogP contribution in [0.1, 0.15) is 36.2 Å². The molecule has 0 unspecified atom stereocenters. The van der Waals surface area contributed by atoms with Crippen LogP contribution >= 0.6 is 0 Å². The summed E-state index contributed by atoms with van der Waals surface area (Å²) in [5.41, 5.74) is 1.80. The molecule has 1 aliphatic heterocycles. The third-order valence-electron chi connectivity index (χ3n) is 3.53. The molecule has 1 fully saturated rings. The summed E-state index contributed by atoms with van der Waals surface area (Å²) in [7, 11) is 0. The van der Waals surface area contributed by atoms with Crippen molar-refractivity contribution in [2.75, 3.05) is 19.6 Å². The van der Waals surface area contributed by atoms with Gasteiger partial charge in [0.2, 0.25) is 0 Å². The van der Waals surface area contributed by atoms with Gasteiger partial charge in [-0.15, -0.1) is 0 Å². The summed E-state index contributed by atoms with van der Waals surface area (Å²) in [6, 6.07) is 7.85. The second kappa shape index (κ2) is 5.11. The fourth-order valence-electron chi connectivity index (χ4n) is 2.46. The lowest BCUT2D eigenvalue weighted by molar-refractivity contribution is 0.0578. The average Bonchev–Trinajstić information content (AvgIpc) is 2.49. The molecule has 18 heavy (non-hydrogen) atoms. The summed E-state index contributed by atoms with van der Waals surface area (Å²) in [6.45, 7) is 8.93. The van der Waals surface area contributed by atoms with Crippen LogP contribution < -0.4 is 5.32 Å². The quantitative estimate of drug-likeness (QED) is 0.824. The van der Waals surface area contributed by atoms with Gasteiger partial charge in [-0.3, -0.25) is 4.79 Å². The first-order chi connectivity index (χ1) is 8.50. The van der Waals surface area contributed by atoms with Crippen LogP contribution in [0.5, 0.6) is 0 Å². The highest BCUT2D eigenvalue weighted by atomic mass is 16.2. The number of hydrogen-bond donors (Lipinski definition) is 1. The zero-order valence-corrected chi connectivity index (χ0v) is 11.5. The maximum atomic E-state index is 12.6. The van der Waals surface area contributed by atoms with Gasteiger partial charge in [0.1, 0.15) is 0 Å². The van der Waals surface area contributed by atoms with E-state index in [1.165, 1.54) is 0 Å². The Morgan fingerprint density at radius 1 is 1.39 bits per heavy atom. The average molecular weight is 246 g/mol. The minimum Gasteiger partial charge on any atom is -0.332 e. The predicted octanol–water partition coefficient (Wildman–Crippen LogP) is 2.21. The fourth-order valence-corrected chi connectivity index (χ4v) is 2.46. The molecular formula is C15H22N2O. The minimum absolute atomic E-state index is 0.128. The van der Waals surface area contributed by atoms with Crippen molar-refractivity contribution in [3.05, 3.63) is 35.4 Å². The number of aryl methyl sites for hydroxylation is 1. The van der Waals surface area contributed by atoms with Gasteiger partial charge in [0, 0.05) is 24.2 Å². The minimum atomic E-state index is -0.128. The van der Waals surface area contributed by atoms with Gasteiger partial charge in [0.05, 0.1) is 0 Å². The van der Waals surface area contributed by atoms with Gasteiger partial charge in [0.25, 0.3) is 5.91 Å². The highest BCUT2D eigenvalue weighted by Gasteiger charge is 2.32. The number of amides is 1. The van der Waals surface area contributed by atoms with Gasteiger partial charge in [-0.2, -0.15) is 0 Å². The molecule has 1 amide bonds. The Hall–Kier alpha value is -1.35. The Morgan fingerprint density at radius 2 is 2.17 bits per heavy atom. The molecule has 0 saturated carbocycles. The summed E-state index contributed by atoms with van der Waals surface area (Å²) in [5.74, 6) is 0.146. The van der Waals surface area contributed by atoms with Crippen LogP contribution in [-0.4, -0.2) is 36.0 Å². The second-order valence-corrected chi connectivity index (χ2v) is 5.67. The molecule has 98 valence electrons. The van der Waals surface area contributed by atoms with Crippen molar-refractivity contribution in [3.63, 3.8) is 0 Å². The van der Waals surface area contributed by atoms with Gasteiger partial charge in [-0.05, 0) is 45.9 Å². The first-order valence-electron chi connectivity index (χ1n) is 6.60. The van der Waals surface area contributed by atoms with Crippen molar-refractivity contribution < 1.29 is 4.79 Å². The molecule has 1 saturated heterocycles. The monoisotopic (exact) mass is 246 g/mol. The number of hydrogen-bond acceptors (Lipinski definition) is 2. The number of carbonyl (C=O) groups is 1. The third kappa shape index (κ3) is 2.72. The van der Waals surface area contributed by atoms with Crippen LogP contribution in [0.4, 0.5) is 0 Å². The highest BCUT2D eigenvalue weighted by Crippen LogP contribution is 2.20. The molecule has 3 heteroatoms. The Labute approximate surface area is 109 Å². The molecule has 0 atom stereocenters. The van der Waals surface area contributed by atoms with E-state index in [0.29, 0.717) is 0 Å². The molecule has 1 heterocycles. The molecule has 0 aromatic heterocycles. The van der Waals surface area contributed by atoms with Gasteiger partial charge in [0.15, 0.2) is 0 Å². The van der Waals surface area contributed by atoms with Crippen molar-refractivity contribution in [2.24, 2.45) is 0 Å². The number of carbonyl (C=O) groups excluding carboxylic acids is 1. The van der Waals surface area contributed by atoms with Crippen LogP contribution in [0.3, 0.4) is 0 Å². The highest BCUT2D eigenvalue weighted by molar-refractivity contribution is 5.94. The summed E-state index contributed by atoms with van der Waals surface area (Å²) in [5, 5.41) is 3.39. The van der Waals surface area contributed by atoms with E-state index in [2.05, 4.69) is 19.2 Å². The van der Waals surface area contributed by atoms with Crippen LogP contribution in [0.2, 0.25) is 0 Å². The van der Waals surface area contributed by atoms with Crippen LogP contribution in [0.15, 0.2) is 24.3 Å². The largest absolute Gasteiger partial charge is 0.332 e. The molecule has 1 aliphatic rings. The van der Waals surface area contributed by atoms with E-state index >= 15 is 0 Å². The predicted molar refractivity (Wildman–Crippen MR) is 73.8 cm³/mol. The standard InChI is InChI=1S/C15H22N2O/c1-12-6-4-7-13(10-12)14(18)17-9-5-8-16-11-15(17,2)3/h4,6-7,10,16H,5,8-9,11H2,1-3H3. The Bertz CT molecular complexity index is 440. The zero-order chi connectivity index (χ0) is 13.2. The fraction of sp³-hybridized carbons (Fsp3) is 0.533. The van der Waals surface area contributed by atoms with Crippen LogP contribution in [0, 0.1) is 6.92 Å². The summed E-state index contributed by atoms with van der Waals surface area (Å²) < 4.78 is 0. The van der Waals surface area contributed by atoms with E-state index < -0.39 is 0 Å². The molecule has 3 nitrogen and oxygen atoms in total. The van der Waals surface area contributed by atoms with E-state index in [1.807, 2.05) is 36.1 Å². The number of nitrogens with one attached hydrogen (secondary N) is 1. The normalized spacial score (nSPS) is 19.4. The third-order valence-corrected chi connectivity index (χ3v) is 3.53. The van der Waals surface area contributed by atoms with Gasteiger partial charge in [-0.1, -0.05) is 17.7 Å². The van der Waals surface area contributed by atoms with E-state index in [-0.39, 0.29) is 11.4 Å². The molecule has 2 rings (SSSR count). The number of rotatable bonds is 1. The molecule has 0 aliphatic carbocycles. The van der Waals surface area contributed by atoms with Crippen molar-refractivity contribution in [1.29, 1.82) is 0 Å². The molecule has 0 spiro atoms. The van der Waals surface area contributed by atoms with Crippen molar-refractivity contribution >= 4 is 5.91 Å². The van der Waals surface area contributed by atoms with Gasteiger partial charge in [-0.25, -0.2) is 0 Å². The Kier molecular flexibility index (Phi) is 3.71. The van der Waals surface area contributed by atoms with E-state index in [0.717, 1.165) is 37.2 Å². The number of benzene rings is 1. The summed E-state index contributed by atoms with van der Waals surface area (Å²) in [4.78, 5) is 14.6.